The zero-order valence-corrected chi connectivity index (χ0v) is 14.7. The van der Waals surface area contributed by atoms with E-state index in [-0.39, 0.29) is 11.2 Å². The average Bonchev–Trinajstić information content (AvgIpc) is 2.23. The maximum absolute atomic E-state index is 12.2. The van der Waals surface area contributed by atoms with Gasteiger partial charge in [-0.2, -0.15) is 0 Å². The van der Waals surface area contributed by atoms with Crippen LogP contribution in [0.15, 0.2) is 0 Å². The van der Waals surface area contributed by atoms with Gasteiger partial charge in [0.1, 0.15) is 0 Å². The molecule has 0 aromatic rings. The molecule has 0 aliphatic carbocycles. The molecule has 0 fully saturated rings. The quantitative estimate of drug-likeness (QED) is 0.745. The van der Waals surface area contributed by atoms with Crippen molar-refractivity contribution in [2.24, 2.45) is 5.41 Å². The first-order valence-electron chi connectivity index (χ1n) is 7.39. The molecule has 0 aliphatic heterocycles. The summed E-state index contributed by atoms with van der Waals surface area (Å²) in [6.45, 7) is 14.8. The highest BCUT2D eigenvalue weighted by atomic mass is 32.2. The van der Waals surface area contributed by atoms with E-state index in [0.717, 1.165) is 25.8 Å². The Morgan fingerprint density at radius 3 is 1.95 bits per heavy atom. The molecule has 1 N–H and O–H groups in total. The second-order valence-electron chi connectivity index (χ2n) is 7.28. The van der Waals surface area contributed by atoms with Gasteiger partial charge in [-0.1, -0.05) is 34.1 Å². The zero-order valence-electron chi connectivity index (χ0n) is 13.8. The lowest BCUT2D eigenvalue weighted by Gasteiger charge is -2.32. The van der Waals surface area contributed by atoms with E-state index < -0.39 is 14.6 Å². The van der Waals surface area contributed by atoms with Crippen molar-refractivity contribution in [1.29, 1.82) is 0 Å². The van der Waals surface area contributed by atoms with Crippen molar-refractivity contribution in [3.05, 3.63) is 0 Å². The highest BCUT2D eigenvalue weighted by Crippen LogP contribution is 2.29. The summed E-state index contributed by atoms with van der Waals surface area (Å²) >= 11 is 0. The van der Waals surface area contributed by atoms with Crippen LogP contribution in [0.1, 0.15) is 67.7 Å². The van der Waals surface area contributed by atoms with Crippen molar-refractivity contribution in [3.63, 3.8) is 0 Å². The van der Waals surface area contributed by atoms with E-state index in [4.69, 9.17) is 0 Å². The third-order valence-electron chi connectivity index (χ3n) is 3.70. The topological polar surface area (TPSA) is 46.2 Å². The van der Waals surface area contributed by atoms with Gasteiger partial charge in [0.25, 0.3) is 0 Å². The van der Waals surface area contributed by atoms with Crippen molar-refractivity contribution in [2.75, 3.05) is 12.3 Å². The minimum Gasteiger partial charge on any atom is -0.314 e. The molecule has 0 rings (SSSR count). The molecule has 0 aromatic heterocycles. The van der Waals surface area contributed by atoms with E-state index >= 15 is 0 Å². The Kier molecular flexibility index (Phi) is 7.04. The molecule has 0 radical (unpaired) electrons. The third kappa shape index (κ3) is 6.75. The summed E-state index contributed by atoms with van der Waals surface area (Å²) < 4.78 is 23.8. The minimum absolute atomic E-state index is 0.0668. The lowest BCUT2D eigenvalue weighted by molar-refractivity contribution is 0.259. The van der Waals surface area contributed by atoms with Gasteiger partial charge in [-0.25, -0.2) is 8.42 Å². The smallest absolute Gasteiger partial charge is 0.155 e. The molecule has 4 heteroatoms. The van der Waals surface area contributed by atoms with Crippen LogP contribution in [0.5, 0.6) is 0 Å². The number of hydrogen-bond donors (Lipinski definition) is 1. The first kappa shape index (κ1) is 18.9. The van der Waals surface area contributed by atoms with Crippen LogP contribution in [0.4, 0.5) is 0 Å². The normalized spacial score (nSPS) is 16.6. The van der Waals surface area contributed by atoms with Crippen LogP contribution in [-0.2, 0) is 9.84 Å². The third-order valence-corrected chi connectivity index (χ3v) is 6.31. The fourth-order valence-corrected chi connectivity index (χ4v) is 3.42. The van der Waals surface area contributed by atoms with Crippen LogP contribution in [0.3, 0.4) is 0 Å². The molecule has 116 valence electrons. The fourth-order valence-electron chi connectivity index (χ4n) is 2.04. The lowest BCUT2D eigenvalue weighted by atomic mass is 9.82. The summed E-state index contributed by atoms with van der Waals surface area (Å²) in [5.74, 6) is 0.284. The number of nitrogens with one attached hydrogen (secondary N) is 1. The summed E-state index contributed by atoms with van der Waals surface area (Å²) in [6.07, 6.45) is 2.89. The highest BCUT2D eigenvalue weighted by molar-refractivity contribution is 7.92. The van der Waals surface area contributed by atoms with Crippen LogP contribution in [0, 0.1) is 5.41 Å². The van der Waals surface area contributed by atoms with Crippen LogP contribution < -0.4 is 5.32 Å². The SMILES string of the molecule is CCCC(C)(CCS(=O)(=O)C(C)(C)C)CNC(C)C. The largest absolute Gasteiger partial charge is 0.314 e. The van der Waals surface area contributed by atoms with Gasteiger partial charge in [0, 0.05) is 12.6 Å². The highest BCUT2D eigenvalue weighted by Gasteiger charge is 2.32. The van der Waals surface area contributed by atoms with E-state index in [2.05, 4.69) is 33.0 Å². The molecule has 0 aromatic carbocycles. The van der Waals surface area contributed by atoms with Gasteiger partial charge in [0.15, 0.2) is 9.84 Å². The van der Waals surface area contributed by atoms with Gasteiger partial charge in [0.2, 0.25) is 0 Å². The Morgan fingerprint density at radius 1 is 1.05 bits per heavy atom. The first-order chi connectivity index (χ1) is 8.43. The zero-order chi connectivity index (χ0) is 15.3. The lowest BCUT2D eigenvalue weighted by Crippen LogP contribution is -2.39. The maximum atomic E-state index is 12.2. The molecule has 1 unspecified atom stereocenters. The van der Waals surface area contributed by atoms with Crippen LogP contribution >= 0.6 is 0 Å². The van der Waals surface area contributed by atoms with E-state index in [1.54, 1.807) is 20.8 Å². The van der Waals surface area contributed by atoms with Gasteiger partial charge in [-0.05, 0) is 39.0 Å². The summed E-state index contributed by atoms with van der Waals surface area (Å²) in [5.41, 5.74) is 0.0668. The van der Waals surface area contributed by atoms with Gasteiger partial charge in [0.05, 0.1) is 10.5 Å². The van der Waals surface area contributed by atoms with Crippen molar-refractivity contribution < 1.29 is 8.42 Å². The van der Waals surface area contributed by atoms with Crippen LogP contribution in [-0.4, -0.2) is 31.5 Å². The Morgan fingerprint density at radius 2 is 1.58 bits per heavy atom. The Hall–Kier alpha value is -0.0900. The van der Waals surface area contributed by atoms with Gasteiger partial charge in [-0.3, -0.25) is 0 Å². The van der Waals surface area contributed by atoms with Crippen molar-refractivity contribution in [1.82, 2.24) is 5.32 Å². The first-order valence-corrected chi connectivity index (χ1v) is 9.04. The van der Waals surface area contributed by atoms with Crippen LogP contribution in [0.2, 0.25) is 0 Å². The Bertz CT molecular complexity index is 355. The standard InChI is InChI=1S/C15H33NO2S/c1-8-9-15(7,12-16-13(2)3)10-11-19(17,18)14(4,5)6/h13,16H,8-12H2,1-7H3. The molecule has 3 nitrogen and oxygen atoms in total. The summed E-state index contributed by atoms with van der Waals surface area (Å²) in [6, 6.07) is 0.440. The molecule has 19 heavy (non-hydrogen) atoms. The molecular formula is C15H33NO2S. The maximum Gasteiger partial charge on any atom is 0.155 e. The van der Waals surface area contributed by atoms with Crippen molar-refractivity contribution >= 4 is 9.84 Å². The molecule has 0 bridgehead atoms. The minimum atomic E-state index is -3.02. The molecule has 0 aliphatic rings. The number of hydrogen-bond acceptors (Lipinski definition) is 3. The number of rotatable bonds is 8. The Labute approximate surface area is 120 Å². The summed E-state index contributed by atoms with van der Waals surface area (Å²) in [7, 11) is -3.02. The average molecular weight is 292 g/mol. The fraction of sp³-hybridized carbons (Fsp3) is 1.00. The molecular weight excluding hydrogens is 258 g/mol. The van der Waals surface area contributed by atoms with Crippen molar-refractivity contribution in [3.8, 4) is 0 Å². The van der Waals surface area contributed by atoms with Gasteiger partial charge < -0.3 is 5.32 Å². The van der Waals surface area contributed by atoms with E-state index in [9.17, 15) is 8.42 Å². The van der Waals surface area contributed by atoms with E-state index in [1.807, 2.05) is 0 Å². The van der Waals surface area contributed by atoms with E-state index in [0.29, 0.717) is 6.04 Å². The Balaban J connectivity index is 4.68. The van der Waals surface area contributed by atoms with E-state index in [1.165, 1.54) is 0 Å². The predicted octanol–water partition coefficient (Wildman–Crippen LogP) is 3.39. The monoisotopic (exact) mass is 291 g/mol. The second-order valence-corrected chi connectivity index (χ2v) is 10.1. The second kappa shape index (κ2) is 7.07. The molecule has 0 amide bonds. The van der Waals surface area contributed by atoms with Crippen molar-refractivity contribution in [2.45, 2.75) is 78.5 Å². The molecule has 0 saturated heterocycles. The summed E-state index contributed by atoms with van der Waals surface area (Å²) in [5, 5.41) is 3.45. The van der Waals surface area contributed by atoms with Gasteiger partial charge in [-0.15, -0.1) is 0 Å². The summed E-state index contributed by atoms with van der Waals surface area (Å²) in [4.78, 5) is 0. The predicted molar refractivity (Wildman–Crippen MR) is 84.3 cm³/mol. The molecule has 1 atom stereocenters. The number of sulfone groups is 1. The molecule has 0 heterocycles. The molecule has 0 saturated carbocycles. The van der Waals surface area contributed by atoms with Crippen LogP contribution in [0.25, 0.3) is 0 Å². The molecule has 0 spiro atoms. The van der Waals surface area contributed by atoms with Gasteiger partial charge >= 0.3 is 0 Å².